The van der Waals surface area contributed by atoms with Gasteiger partial charge in [-0.1, -0.05) is 43.7 Å². The van der Waals surface area contributed by atoms with E-state index in [2.05, 4.69) is 37.5 Å². The van der Waals surface area contributed by atoms with E-state index < -0.39 is 18.6 Å². The van der Waals surface area contributed by atoms with Crippen LogP contribution in [0.1, 0.15) is 65.2 Å². The maximum atomic E-state index is 12.6. The normalized spacial score (nSPS) is 38.8. The van der Waals surface area contributed by atoms with E-state index in [1.165, 1.54) is 31.3 Å². The number of allylic oxidation sites excluding steroid dienone is 3. The molecule has 0 spiro atoms. The Balaban J connectivity index is 1.38. The van der Waals surface area contributed by atoms with Crippen LogP contribution in [0, 0.1) is 29.1 Å². The summed E-state index contributed by atoms with van der Waals surface area (Å²) in [6.45, 7) is 11.4. The third-order valence-corrected chi connectivity index (χ3v) is 9.12. The van der Waals surface area contributed by atoms with Gasteiger partial charge < -0.3 is 15.1 Å². The molecule has 180 valence electrons. The van der Waals surface area contributed by atoms with Crippen LogP contribution >= 0.6 is 0 Å². The molecule has 0 aromatic carbocycles. The van der Waals surface area contributed by atoms with Crippen LogP contribution < -0.4 is 0 Å². The summed E-state index contributed by atoms with van der Waals surface area (Å²) in [5, 5.41) is 20.3. The van der Waals surface area contributed by atoms with Crippen LogP contribution in [0.5, 0.6) is 0 Å². The summed E-state index contributed by atoms with van der Waals surface area (Å²) in [5.41, 5.74) is 3.50. The first-order chi connectivity index (χ1) is 15.2. The van der Waals surface area contributed by atoms with Crippen molar-refractivity contribution in [3.8, 4) is 0 Å². The van der Waals surface area contributed by atoms with Crippen LogP contribution in [-0.4, -0.2) is 53.4 Å². The molecule has 0 aromatic heterocycles. The monoisotopic (exact) mass is 449 g/mol. The fourth-order valence-corrected chi connectivity index (χ4v) is 7.40. The number of hydrogen-bond donors (Lipinski definition) is 2. The summed E-state index contributed by atoms with van der Waals surface area (Å²) in [6.07, 6.45) is 8.31. The highest BCUT2D eigenvalue weighted by Crippen LogP contribution is 2.59. The van der Waals surface area contributed by atoms with Crippen LogP contribution in [0.4, 0.5) is 8.78 Å². The molecule has 3 aliphatic carbocycles. The minimum atomic E-state index is -2.17. The second kappa shape index (κ2) is 9.68. The van der Waals surface area contributed by atoms with Crippen molar-refractivity contribution in [1.82, 2.24) is 4.90 Å². The maximum absolute atomic E-state index is 12.6. The quantitative estimate of drug-likeness (QED) is 0.537. The van der Waals surface area contributed by atoms with Gasteiger partial charge in [0.25, 0.3) is 0 Å². The van der Waals surface area contributed by atoms with Gasteiger partial charge in [0, 0.05) is 26.1 Å². The first-order valence-corrected chi connectivity index (χ1v) is 12.6. The van der Waals surface area contributed by atoms with E-state index in [-0.39, 0.29) is 12.3 Å². The predicted molar refractivity (Wildman–Crippen MR) is 124 cm³/mol. The zero-order valence-electron chi connectivity index (χ0n) is 19.8. The number of hydrogen-bond acceptors (Lipinski definition) is 3. The molecule has 2 N–H and O–H groups in total. The van der Waals surface area contributed by atoms with Crippen molar-refractivity contribution in [3.63, 3.8) is 0 Å². The predicted octanol–water partition coefficient (Wildman–Crippen LogP) is 5.35. The van der Waals surface area contributed by atoms with Gasteiger partial charge in [-0.3, -0.25) is 0 Å². The van der Waals surface area contributed by atoms with Gasteiger partial charge in [-0.05, 0) is 79.6 Å². The SMILES string of the molecule is C=C1[C@H](O)CC(=C/C=C2\CCC[C@]3(C)[C@@H]([C@H](C)CN4CC(CC(F)F)C4)CC[C@@H]23)C[C@H]1O. The summed E-state index contributed by atoms with van der Waals surface area (Å²) in [5.74, 6) is 2.06. The van der Waals surface area contributed by atoms with Crippen molar-refractivity contribution < 1.29 is 19.0 Å². The number of aliphatic hydroxyl groups is 2. The first kappa shape index (κ1) is 24.1. The summed E-state index contributed by atoms with van der Waals surface area (Å²) in [6, 6.07) is 0. The highest BCUT2D eigenvalue weighted by atomic mass is 19.3. The van der Waals surface area contributed by atoms with Crippen LogP contribution in [0.2, 0.25) is 0 Å². The molecule has 0 bridgehead atoms. The van der Waals surface area contributed by atoms with E-state index in [0.717, 1.165) is 31.6 Å². The summed E-state index contributed by atoms with van der Waals surface area (Å²) in [4.78, 5) is 2.38. The van der Waals surface area contributed by atoms with E-state index in [1.807, 2.05) is 0 Å². The lowest BCUT2D eigenvalue weighted by molar-refractivity contribution is 0.00986. The Morgan fingerprint density at radius 1 is 1.16 bits per heavy atom. The minimum Gasteiger partial charge on any atom is -0.388 e. The Bertz CT molecular complexity index is 741. The van der Waals surface area contributed by atoms with Crippen molar-refractivity contribution in [2.45, 2.75) is 83.8 Å². The molecule has 5 heteroatoms. The molecule has 0 aromatic rings. The number of halogens is 2. The van der Waals surface area contributed by atoms with Gasteiger partial charge >= 0.3 is 0 Å². The Labute approximate surface area is 192 Å². The lowest BCUT2D eigenvalue weighted by Crippen LogP contribution is -2.50. The summed E-state index contributed by atoms with van der Waals surface area (Å²) >= 11 is 0. The van der Waals surface area contributed by atoms with Gasteiger partial charge in [0.05, 0.1) is 12.2 Å². The zero-order chi connectivity index (χ0) is 23.0. The molecule has 0 radical (unpaired) electrons. The fourth-order valence-electron chi connectivity index (χ4n) is 7.40. The first-order valence-electron chi connectivity index (χ1n) is 12.6. The summed E-state index contributed by atoms with van der Waals surface area (Å²) in [7, 11) is 0. The number of alkyl halides is 2. The average molecular weight is 450 g/mol. The molecule has 32 heavy (non-hydrogen) atoms. The van der Waals surface area contributed by atoms with Crippen LogP contribution in [0.25, 0.3) is 0 Å². The second-order valence-electron chi connectivity index (χ2n) is 11.4. The third kappa shape index (κ3) is 4.90. The molecule has 4 rings (SSSR count). The highest BCUT2D eigenvalue weighted by Gasteiger charge is 2.51. The van der Waals surface area contributed by atoms with Gasteiger partial charge in [0.1, 0.15) is 0 Å². The molecule has 1 saturated heterocycles. The van der Waals surface area contributed by atoms with E-state index in [0.29, 0.717) is 41.6 Å². The van der Waals surface area contributed by atoms with Gasteiger partial charge in [0.15, 0.2) is 0 Å². The molecule has 0 amide bonds. The maximum Gasteiger partial charge on any atom is 0.239 e. The van der Waals surface area contributed by atoms with Crippen LogP contribution in [0.15, 0.2) is 35.5 Å². The van der Waals surface area contributed by atoms with E-state index in [4.69, 9.17) is 0 Å². The lowest BCUT2D eigenvalue weighted by atomic mass is 9.61. The Hall–Kier alpha value is -1.04. The van der Waals surface area contributed by atoms with E-state index in [1.54, 1.807) is 0 Å². The van der Waals surface area contributed by atoms with Crippen molar-refractivity contribution in [3.05, 3.63) is 35.5 Å². The molecule has 3 saturated carbocycles. The molecule has 6 atom stereocenters. The standard InChI is InChI=1S/C27H41F2NO2/c1-17(14-30-15-20(16-30)13-26(28)29)22-8-9-23-21(5-4-10-27(22,23)3)7-6-19-11-24(31)18(2)25(32)12-19/h6-7,17,20,22-26,31-32H,2,4-5,8-16H2,1,3H3/b21-7+/t17-,22-,23+,24-,25-,27-/m1/s1. The minimum absolute atomic E-state index is 0.0555. The van der Waals surface area contributed by atoms with E-state index in [9.17, 15) is 19.0 Å². The van der Waals surface area contributed by atoms with Crippen molar-refractivity contribution in [2.75, 3.05) is 19.6 Å². The van der Waals surface area contributed by atoms with Crippen LogP contribution in [0.3, 0.4) is 0 Å². The average Bonchev–Trinajstić information content (AvgIpc) is 3.06. The molecule has 1 aliphatic heterocycles. The Kier molecular flexibility index (Phi) is 7.29. The van der Waals surface area contributed by atoms with Gasteiger partial charge in [-0.15, -0.1) is 0 Å². The molecular formula is C27H41F2NO2. The number of fused-ring (bicyclic) bond motifs is 1. The van der Waals surface area contributed by atoms with Crippen molar-refractivity contribution in [2.24, 2.45) is 29.1 Å². The Morgan fingerprint density at radius 3 is 2.50 bits per heavy atom. The Morgan fingerprint density at radius 2 is 1.84 bits per heavy atom. The summed E-state index contributed by atoms with van der Waals surface area (Å²) < 4.78 is 25.2. The molecule has 1 heterocycles. The van der Waals surface area contributed by atoms with E-state index >= 15 is 0 Å². The number of nitrogens with zero attached hydrogens (tertiary/aromatic N) is 1. The van der Waals surface area contributed by atoms with Gasteiger partial charge in [-0.25, -0.2) is 8.78 Å². The number of likely N-dealkylation sites (tertiary alicyclic amines) is 1. The molecular weight excluding hydrogens is 408 g/mol. The largest absolute Gasteiger partial charge is 0.388 e. The van der Waals surface area contributed by atoms with Gasteiger partial charge in [-0.2, -0.15) is 0 Å². The van der Waals surface area contributed by atoms with Crippen molar-refractivity contribution >= 4 is 0 Å². The molecule has 3 nitrogen and oxygen atoms in total. The van der Waals surface area contributed by atoms with Crippen LogP contribution in [-0.2, 0) is 0 Å². The smallest absolute Gasteiger partial charge is 0.239 e. The highest BCUT2D eigenvalue weighted by molar-refractivity contribution is 5.29. The number of rotatable bonds is 6. The second-order valence-corrected chi connectivity index (χ2v) is 11.4. The van der Waals surface area contributed by atoms with Crippen molar-refractivity contribution in [1.29, 1.82) is 0 Å². The molecule has 0 unspecified atom stereocenters. The lowest BCUT2D eigenvalue weighted by Gasteiger charge is -2.47. The number of aliphatic hydroxyl groups excluding tert-OH is 2. The van der Waals surface area contributed by atoms with Gasteiger partial charge in [0.2, 0.25) is 6.43 Å². The fraction of sp³-hybridized carbons (Fsp3) is 0.778. The molecule has 4 aliphatic rings. The molecule has 4 fully saturated rings. The topological polar surface area (TPSA) is 43.7 Å². The third-order valence-electron chi connectivity index (χ3n) is 9.12. The zero-order valence-corrected chi connectivity index (χ0v) is 19.8.